The molecule has 2 aliphatic rings. The van der Waals surface area contributed by atoms with Gasteiger partial charge in [-0.15, -0.1) is 0 Å². The van der Waals surface area contributed by atoms with Gasteiger partial charge >= 0.3 is 0 Å². The molecule has 0 aromatic heterocycles. The molecule has 2 aromatic carbocycles. The van der Waals surface area contributed by atoms with Crippen LogP contribution in [0.3, 0.4) is 0 Å². The Morgan fingerprint density at radius 1 is 0.839 bits per heavy atom. The first-order valence-electron chi connectivity index (χ1n) is 11.7. The SMILES string of the molecule is O=C(NC1CCCCC1)c1ccccc1NC(=O)C1CCN(Cc2ccccc2)CC1. The molecule has 0 bridgehead atoms. The molecule has 1 saturated carbocycles. The number of hydrogen-bond acceptors (Lipinski definition) is 3. The van der Waals surface area contributed by atoms with Gasteiger partial charge in [0.2, 0.25) is 5.91 Å². The molecule has 1 heterocycles. The zero-order valence-electron chi connectivity index (χ0n) is 18.2. The molecule has 164 valence electrons. The van der Waals surface area contributed by atoms with Crippen LogP contribution >= 0.6 is 0 Å². The van der Waals surface area contributed by atoms with Gasteiger partial charge in [-0.05, 0) is 56.5 Å². The third kappa shape index (κ3) is 5.95. The molecule has 2 aromatic rings. The number of carbonyl (C=O) groups is 2. The Bertz CT molecular complexity index is 869. The predicted molar refractivity (Wildman–Crippen MR) is 124 cm³/mol. The average molecular weight is 420 g/mol. The highest BCUT2D eigenvalue weighted by molar-refractivity contribution is 6.04. The second-order valence-electron chi connectivity index (χ2n) is 8.88. The van der Waals surface area contributed by atoms with Crippen LogP contribution in [0.1, 0.15) is 60.9 Å². The van der Waals surface area contributed by atoms with Gasteiger partial charge in [0.15, 0.2) is 0 Å². The molecule has 0 unspecified atom stereocenters. The molecule has 0 spiro atoms. The number of amides is 2. The molecule has 4 rings (SSSR count). The average Bonchev–Trinajstić information content (AvgIpc) is 2.81. The number of rotatable bonds is 6. The monoisotopic (exact) mass is 419 g/mol. The van der Waals surface area contributed by atoms with Gasteiger partial charge < -0.3 is 10.6 Å². The van der Waals surface area contributed by atoms with E-state index in [9.17, 15) is 9.59 Å². The van der Waals surface area contributed by atoms with Gasteiger partial charge in [0, 0.05) is 18.5 Å². The summed E-state index contributed by atoms with van der Waals surface area (Å²) in [5.74, 6) is -0.0701. The molecule has 0 radical (unpaired) electrons. The third-order valence-corrected chi connectivity index (χ3v) is 6.58. The summed E-state index contributed by atoms with van der Waals surface area (Å²) < 4.78 is 0. The number of likely N-dealkylation sites (tertiary alicyclic amines) is 1. The second kappa shape index (κ2) is 10.6. The number of hydrogen-bond donors (Lipinski definition) is 2. The molecule has 31 heavy (non-hydrogen) atoms. The van der Waals surface area contributed by atoms with Gasteiger partial charge in [0.25, 0.3) is 5.91 Å². The lowest BCUT2D eigenvalue weighted by atomic mass is 9.94. The molecule has 2 N–H and O–H groups in total. The van der Waals surface area contributed by atoms with Crippen LogP contribution in [-0.2, 0) is 11.3 Å². The minimum atomic E-state index is -0.0829. The van der Waals surface area contributed by atoms with Crippen molar-refractivity contribution in [1.29, 1.82) is 0 Å². The third-order valence-electron chi connectivity index (χ3n) is 6.58. The van der Waals surface area contributed by atoms with Crippen molar-refractivity contribution in [2.75, 3.05) is 18.4 Å². The number of nitrogens with one attached hydrogen (secondary N) is 2. The van der Waals surface area contributed by atoms with Crippen molar-refractivity contribution in [3.63, 3.8) is 0 Å². The van der Waals surface area contributed by atoms with E-state index in [-0.39, 0.29) is 23.8 Å². The van der Waals surface area contributed by atoms with Gasteiger partial charge in [0.1, 0.15) is 0 Å². The van der Waals surface area contributed by atoms with E-state index < -0.39 is 0 Å². The lowest BCUT2D eigenvalue weighted by Crippen LogP contribution is -2.38. The molecular formula is C26H33N3O2. The summed E-state index contributed by atoms with van der Waals surface area (Å²) in [5.41, 5.74) is 2.48. The summed E-state index contributed by atoms with van der Waals surface area (Å²) in [6, 6.07) is 18.1. The predicted octanol–water partition coefficient (Wildman–Crippen LogP) is 4.60. The lowest BCUT2D eigenvalue weighted by Gasteiger charge is -2.31. The zero-order valence-corrected chi connectivity index (χ0v) is 18.2. The van der Waals surface area contributed by atoms with Crippen LogP contribution in [0.5, 0.6) is 0 Å². The van der Waals surface area contributed by atoms with Gasteiger partial charge in [0.05, 0.1) is 11.3 Å². The van der Waals surface area contributed by atoms with E-state index in [1.807, 2.05) is 24.3 Å². The topological polar surface area (TPSA) is 61.4 Å². The molecule has 1 saturated heterocycles. The Balaban J connectivity index is 1.31. The van der Waals surface area contributed by atoms with E-state index in [1.165, 1.54) is 24.8 Å². The fourth-order valence-electron chi connectivity index (χ4n) is 4.73. The van der Waals surface area contributed by atoms with Crippen molar-refractivity contribution in [1.82, 2.24) is 10.2 Å². The Hall–Kier alpha value is -2.66. The minimum absolute atomic E-state index is 0.0125. The number of piperidine rings is 1. The Kier molecular flexibility index (Phi) is 7.36. The molecule has 5 nitrogen and oxygen atoms in total. The highest BCUT2D eigenvalue weighted by Gasteiger charge is 2.26. The summed E-state index contributed by atoms with van der Waals surface area (Å²) in [6.07, 6.45) is 7.37. The van der Waals surface area contributed by atoms with Crippen LogP contribution in [-0.4, -0.2) is 35.8 Å². The highest BCUT2D eigenvalue weighted by Crippen LogP contribution is 2.23. The quantitative estimate of drug-likeness (QED) is 0.719. The summed E-state index contributed by atoms with van der Waals surface area (Å²) in [5, 5.41) is 6.21. The van der Waals surface area contributed by atoms with E-state index in [2.05, 4.69) is 39.8 Å². The van der Waals surface area contributed by atoms with Crippen molar-refractivity contribution in [2.24, 2.45) is 5.92 Å². The van der Waals surface area contributed by atoms with E-state index in [0.717, 1.165) is 45.3 Å². The highest BCUT2D eigenvalue weighted by atomic mass is 16.2. The normalized spacial score (nSPS) is 18.5. The molecular weight excluding hydrogens is 386 g/mol. The number of nitrogens with zero attached hydrogens (tertiary/aromatic N) is 1. The van der Waals surface area contributed by atoms with Crippen LogP contribution in [0, 0.1) is 5.92 Å². The van der Waals surface area contributed by atoms with Gasteiger partial charge in [-0.1, -0.05) is 61.7 Å². The van der Waals surface area contributed by atoms with Gasteiger partial charge in [-0.3, -0.25) is 14.5 Å². The summed E-state index contributed by atoms with van der Waals surface area (Å²) in [6.45, 7) is 2.76. The Morgan fingerprint density at radius 3 is 2.26 bits per heavy atom. The maximum Gasteiger partial charge on any atom is 0.253 e. The minimum Gasteiger partial charge on any atom is -0.349 e. The number of para-hydroxylation sites is 1. The van der Waals surface area contributed by atoms with Crippen LogP contribution in [0.15, 0.2) is 54.6 Å². The molecule has 2 fully saturated rings. The number of anilines is 1. The smallest absolute Gasteiger partial charge is 0.253 e. The summed E-state index contributed by atoms with van der Waals surface area (Å²) in [7, 11) is 0. The fraction of sp³-hybridized carbons (Fsp3) is 0.462. The second-order valence-corrected chi connectivity index (χ2v) is 8.88. The largest absolute Gasteiger partial charge is 0.349 e. The van der Waals surface area contributed by atoms with Crippen LogP contribution in [0.25, 0.3) is 0 Å². The van der Waals surface area contributed by atoms with Crippen molar-refractivity contribution in [2.45, 2.75) is 57.5 Å². The fourth-order valence-corrected chi connectivity index (χ4v) is 4.73. The lowest BCUT2D eigenvalue weighted by molar-refractivity contribution is -0.121. The molecule has 0 atom stereocenters. The van der Waals surface area contributed by atoms with Crippen LogP contribution in [0.2, 0.25) is 0 Å². The maximum atomic E-state index is 12.9. The van der Waals surface area contributed by atoms with E-state index in [1.54, 1.807) is 6.07 Å². The zero-order chi connectivity index (χ0) is 21.5. The van der Waals surface area contributed by atoms with Crippen LogP contribution < -0.4 is 10.6 Å². The number of carbonyl (C=O) groups excluding carboxylic acids is 2. The number of benzene rings is 2. The van der Waals surface area contributed by atoms with Crippen molar-refractivity contribution in [3.8, 4) is 0 Å². The van der Waals surface area contributed by atoms with E-state index >= 15 is 0 Å². The molecule has 1 aliphatic carbocycles. The first-order valence-corrected chi connectivity index (χ1v) is 11.7. The van der Waals surface area contributed by atoms with Crippen molar-refractivity contribution in [3.05, 3.63) is 65.7 Å². The van der Waals surface area contributed by atoms with E-state index in [4.69, 9.17) is 0 Å². The molecule has 1 aliphatic heterocycles. The Labute approximate surface area is 185 Å². The first kappa shape index (κ1) is 21.6. The first-order chi connectivity index (χ1) is 15.2. The van der Waals surface area contributed by atoms with Gasteiger partial charge in [-0.25, -0.2) is 0 Å². The molecule has 5 heteroatoms. The molecule has 2 amide bonds. The van der Waals surface area contributed by atoms with Crippen LogP contribution in [0.4, 0.5) is 5.69 Å². The van der Waals surface area contributed by atoms with E-state index in [0.29, 0.717) is 11.3 Å². The van der Waals surface area contributed by atoms with Crippen molar-refractivity contribution >= 4 is 17.5 Å². The standard InChI is InChI=1S/C26H33N3O2/c30-25(21-15-17-29(18-16-21)19-20-9-3-1-4-10-20)28-24-14-8-7-13-23(24)26(31)27-22-11-5-2-6-12-22/h1,3-4,7-10,13-14,21-22H,2,5-6,11-12,15-19H2,(H,27,31)(H,28,30). The summed E-state index contributed by atoms with van der Waals surface area (Å²) >= 11 is 0. The maximum absolute atomic E-state index is 12.9. The van der Waals surface area contributed by atoms with Gasteiger partial charge in [-0.2, -0.15) is 0 Å². The van der Waals surface area contributed by atoms with Crippen molar-refractivity contribution < 1.29 is 9.59 Å². The summed E-state index contributed by atoms with van der Waals surface area (Å²) in [4.78, 5) is 28.2. The Morgan fingerprint density at radius 2 is 1.52 bits per heavy atom.